The van der Waals surface area contributed by atoms with Gasteiger partial charge in [0.2, 0.25) is 5.78 Å². The number of carbonyl (C=O) groups excluding carboxylic acids is 1. The van der Waals surface area contributed by atoms with Gasteiger partial charge in [-0.05, 0) is 28.4 Å². The quantitative estimate of drug-likeness (QED) is 0.816. The van der Waals surface area contributed by atoms with Gasteiger partial charge in [-0.1, -0.05) is 6.92 Å². The minimum Gasteiger partial charge on any atom is -0.287 e. The number of aromatic nitrogens is 3. The number of rotatable bonds is 4. The molecule has 0 saturated carbocycles. The van der Waals surface area contributed by atoms with Crippen molar-refractivity contribution in [1.82, 2.24) is 14.8 Å². The van der Waals surface area contributed by atoms with Crippen LogP contribution in [0.2, 0.25) is 0 Å². The summed E-state index contributed by atoms with van der Waals surface area (Å²) in [5.74, 6) is -0.821. The Bertz CT molecular complexity index is 582. The highest BCUT2D eigenvalue weighted by atomic mass is 79.9. The van der Waals surface area contributed by atoms with Crippen molar-refractivity contribution in [2.75, 3.05) is 0 Å². The Labute approximate surface area is 112 Å². The summed E-state index contributed by atoms with van der Waals surface area (Å²) in [7, 11) is 0. The number of hydrogen-bond donors (Lipinski definition) is 0. The van der Waals surface area contributed by atoms with Gasteiger partial charge in [0.15, 0.2) is 0 Å². The van der Waals surface area contributed by atoms with E-state index in [1.807, 2.05) is 6.92 Å². The molecule has 6 heteroatoms. The molecule has 0 atom stereocenters. The Morgan fingerprint density at radius 1 is 1.44 bits per heavy atom. The van der Waals surface area contributed by atoms with E-state index in [1.165, 1.54) is 12.3 Å². The summed E-state index contributed by atoms with van der Waals surface area (Å²) in [5.41, 5.74) is 0.637. The second-order valence-electron chi connectivity index (χ2n) is 3.79. The average Bonchev–Trinajstić information content (AvgIpc) is 2.70. The summed E-state index contributed by atoms with van der Waals surface area (Å²) in [6.45, 7) is 2.63. The van der Waals surface area contributed by atoms with Crippen LogP contribution in [-0.4, -0.2) is 20.5 Å². The molecule has 0 N–H and O–H groups in total. The van der Waals surface area contributed by atoms with Crippen LogP contribution in [0, 0.1) is 5.82 Å². The van der Waals surface area contributed by atoms with Gasteiger partial charge < -0.3 is 0 Å². The first-order valence-corrected chi connectivity index (χ1v) is 6.29. The topological polar surface area (TPSA) is 47.8 Å². The normalized spacial score (nSPS) is 10.6. The standard InChI is InChI=1S/C12H11BrFN3O/c1-2-3-17-11(10(13)7-16-17)12(18)8-4-9(14)6-15-5-8/h4-7H,2-3H2,1H3. The Morgan fingerprint density at radius 3 is 2.89 bits per heavy atom. The van der Waals surface area contributed by atoms with Gasteiger partial charge in [-0.15, -0.1) is 0 Å². The molecule has 0 aliphatic heterocycles. The third-order valence-corrected chi connectivity index (χ3v) is 2.99. The summed E-state index contributed by atoms with van der Waals surface area (Å²) in [4.78, 5) is 16.0. The zero-order valence-electron chi connectivity index (χ0n) is 9.73. The molecule has 0 aliphatic rings. The minimum atomic E-state index is -0.529. The molecule has 0 spiro atoms. The van der Waals surface area contributed by atoms with E-state index >= 15 is 0 Å². The third kappa shape index (κ3) is 2.48. The SMILES string of the molecule is CCCn1ncc(Br)c1C(=O)c1cncc(F)c1. The summed E-state index contributed by atoms with van der Waals surface area (Å²) in [6.07, 6.45) is 4.84. The molecule has 18 heavy (non-hydrogen) atoms. The number of aryl methyl sites for hydroxylation is 1. The molecule has 0 aliphatic carbocycles. The molecule has 0 saturated heterocycles. The lowest BCUT2D eigenvalue weighted by Crippen LogP contribution is -2.12. The smallest absolute Gasteiger partial charge is 0.213 e. The number of ketones is 1. The highest BCUT2D eigenvalue weighted by molar-refractivity contribution is 9.10. The van der Waals surface area contributed by atoms with Crippen LogP contribution < -0.4 is 0 Å². The lowest BCUT2D eigenvalue weighted by atomic mass is 10.1. The first-order valence-electron chi connectivity index (χ1n) is 5.50. The monoisotopic (exact) mass is 311 g/mol. The van der Waals surface area contributed by atoms with Gasteiger partial charge in [-0.3, -0.25) is 14.5 Å². The fourth-order valence-electron chi connectivity index (χ4n) is 1.64. The number of hydrogen-bond acceptors (Lipinski definition) is 3. The molecule has 0 unspecified atom stereocenters. The molecule has 2 aromatic rings. The molecule has 0 fully saturated rings. The predicted molar refractivity (Wildman–Crippen MR) is 67.8 cm³/mol. The van der Waals surface area contributed by atoms with Gasteiger partial charge in [-0.25, -0.2) is 4.39 Å². The van der Waals surface area contributed by atoms with E-state index in [-0.39, 0.29) is 11.3 Å². The maximum absolute atomic E-state index is 13.1. The van der Waals surface area contributed by atoms with E-state index in [4.69, 9.17) is 0 Å². The summed E-state index contributed by atoms with van der Waals surface area (Å²) in [5, 5.41) is 4.11. The first-order chi connectivity index (χ1) is 8.63. The lowest BCUT2D eigenvalue weighted by Gasteiger charge is -2.05. The fourth-order valence-corrected chi connectivity index (χ4v) is 2.12. The van der Waals surface area contributed by atoms with Gasteiger partial charge in [0.25, 0.3) is 0 Å². The predicted octanol–water partition coefficient (Wildman–Crippen LogP) is 2.82. The van der Waals surface area contributed by atoms with E-state index < -0.39 is 5.82 Å². The van der Waals surface area contributed by atoms with Crippen molar-refractivity contribution in [3.8, 4) is 0 Å². The third-order valence-electron chi connectivity index (χ3n) is 2.41. The van der Waals surface area contributed by atoms with Gasteiger partial charge in [-0.2, -0.15) is 5.10 Å². The summed E-state index contributed by atoms with van der Waals surface area (Å²) in [6, 6.07) is 1.17. The van der Waals surface area contributed by atoms with Crippen LogP contribution >= 0.6 is 15.9 Å². The first kappa shape index (κ1) is 12.9. The van der Waals surface area contributed by atoms with Crippen LogP contribution in [0.5, 0.6) is 0 Å². The van der Waals surface area contributed by atoms with Crippen molar-refractivity contribution < 1.29 is 9.18 Å². The van der Waals surface area contributed by atoms with E-state index in [0.717, 1.165) is 12.6 Å². The molecule has 0 aromatic carbocycles. The van der Waals surface area contributed by atoms with E-state index in [0.29, 0.717) is 16.7 Å². The highest BCUT2D eigenvalue weighted by Gasteiger charge is 2.19. The maximum Gasteiger partial charge on any atom is 0.213 e. The van der Waals surface area contributed by atoms with Crippen molar-refractivity contribution in [1.29, 1.82) is 0 Å². The molecule has 2 aromatic heterocycles. The number of pyridine rings is 1. The van der Waals surface area contributed by atoms with E-state index in [2.05, 4.69) is 26.0 Å². The number of nitrogens with zero attached hydrogens (tertiary/aromatic N) is 3. The zero-order valence-corrected chi connectivity index (χ0v) is 11.3. The van der Waals surface area contributed by atoms with Crippen molar-refractivity contribution in [3.63, 3.8) is 0 Å². The van der Waals surface area contributed by atoms with Gasteiger partial charge in [0, 0.05) is 18.3 Å². The lowest BCUT2D eigenvalue weighted by molar-refractivity contribution is 0.102. The average molecular weight is 312 g/mol. The molecule has 2 heterocycles. The fraction of sp³-hybridized carbons (Fsp3) is 0.250. The second-order valence-corrected chi connectivity index (χ2v) is 4.64. The molecule has 94 valence electrons. The Kier molecular flexibility index (Phi) is 3.86. The molecule has 0 amide bonds. The number of halogens is 2. The van der Waals surface area contributed by atoms with Crippen molar-refractivity contribution in [3.05, 3.63) is 46.2 Å². The Hall–Kier alpha value is -1.56. The molecule has 0 bridgehead atoms. The molecule has 2 rings (SSSR count). The van der Waals surface area contributed by atoms with Crippen LogP contribution in [0.4, 0.5) is 4.39 Å². The van der Waals surface area contributed by atoms with Crippen LogP contribution in [0.15, 0.2) is 29.1 Å². The molecular formula is C12H11BrFN3O. The van der Waals surface area contributed by atoms with Crippen molar-refractivity contribution >= 4 is 21.7 Å². The molecule has 4 nitrogen and oxygen atoms in total. The van der Waals surface area contributed by atoms with Crippen molar-refractivity contribution in [2.24, 2.45) is 0 Å². The minimum absolute atomic E-state index is 0.216. The van der Waals surface area contributed by atoms with Crippen LogP contribution in [0.3, 0.4) is 0 Å². The van der Waals surface area contributed by atoms with E-state index in [9.17, 15) is 9.18 Å². The largest absolute Gasteiger partial charge is 0.287 e. The molecule has 0 radical (unpaired) electrons. The van der Waals surface area contributed by atoms with Crippen LogP contribution in [-0.2, 0) is 6.54 Å². The second kappa shape index (κ2) is 5.39. The van der Waals surface area contributed by atoms with Crippen molar-refractivity contribution in [2.45, 2.75) is 19.9 Å². The van der Waals surface area contributed by atoms with Gasteiger partial charge in [0.05, 0.1) is 16.9 Å². The van der Waals surface area contributed by atoms with Crippen LogP contribution in [0.1, 0.15) is 29.4 Å². The maximum atomic E-state index is 13.1. The Balaban J connectivity index is 2.42. The summed E-state index contributed by atoms with van der Waals surface area (Å²) >= 11 is 3.29. The van der Waals surface area contributed by atoms with Crippen LogP contribution in [0.25, 0.3) is 0 Å². The summed E-state index contributed by atoms with van der Waals surface area (Å²) < 4.78 is 15.3. The zero-order chi connectivity index (χ0) is 13.1. The molecular weight excluding hydrogens is 301 g/mol. The Morgan fingerprint density at radius 2 is 2.22 bits per heavy atom. The van der Waals surface area contributed by atoms with E-state index in [1.54, 1.807) is 10.9 Å². The highest BCUT2D eigenvalue weighted by Crippen LogP contribution is 2.20. The van der Waals surface area contributed by atoms with Gasteiger partial charge in [0.1, 0.15) is 11.5 Å². The van der Waals surface area contributed by atoms with Gasteiger partial charge >= 0.3 is 0 Å². The number of carbonyl (C=O) groups is 1.